The molecule has 0 aliphatic rings. The second kappa shape index (κ2) is 4.57. The molecule has 0 aliphatic carbocycles. The smallest absolute Gasteiger partial charge is 0.132 e. The Morgan fingerprint density at radius 2 is 1.88 bits per heavy atom. The molecule has 3 heteroatoms. The SMILES string of the molecule is CN(C(=N)c1ccccc1)c1cccnc1. The predicted molar refractivity (Wildman–Crippen MR) is 65.9 cm³/mol. The third-order valence-electron chi connectivity index (χ3n) is 2.42. The van der Waals surface area contributed by atoms with Crippen molar-refractivity contribution < 1.29 is 0 Å². The highest BCUT2D eigenvalue weighted by molar-refractivity contribution is 6.07. The number of benzene rings is 1. The summed E-state index contributed by atoms with van der Waals surface area (Å²) in [6.07, 6.45) is 3.47. The van der Waals surface area contributed by atoms with Gasteiger partial charge in [0.05, 0.1) is 11.9 Å². The molecule has 1 aromatic carbocycles. The van der Waals surface area contributed by atoms with Gasteiger partial charge in [0.1, 0.15) is 5.84 Å². The van der Waals surface area contributed by atoms with E-state index in [2.05, 4.69) is 4.98 Å². The summed E-state index contributed by atoms with van der Waals surface area (Å²) < 4.78 is 0. The zero-order valence-electron chi connectivity index (χ0n) is 9.09. The fraction of sp³-hybridized carbons (Fsp3) is 0.0769. The quantitative estimate of drug-likeness (QED) is 0.612. The Balaban J connectivity index is 2.24. The van der Waals surface area contributed by atoms with E-state index in [9.17, 15) is 0 Å². The van der Waals surface area contributed by atoms with E-state index >= 15 is 0 Å². The van der Waals surface area contributed by atoms with Gasteiger partial charge in [-0.25, -0.2) is 0 Å². The third-order valence-corrected chi connectivity index (χ3v) is 2.42. The summed E-state index contributed by atoms with van der Waals surface area (Å²) in [5.41, 5.74) is 1.81. The second-order valence-electron chi connectivity index (χ2n) is 3.48. The van der Waals surface area contributed by atoms with Gasteiger partial charge in [-0.1, -0.05) is 30.3 Å². The van der Waals surface area contributed by atoms with Crippen LogP contribution in [-0.2, 0) is 0 Å². The number of rotatable bonds is 2. The minimum atomic E-state index is 0.466. The topological polar surface area (TPSA) is 40.0 Å². The van der Waals surface area contributed by atoms with Crippen LogP contribution in [0.4, 0.5) is 5.69 Å². The number of nitrogens with zero attached hydrogens (tertiary/aromatic N) is 2. The number of aromatic nitrogens is 1. The lowest BCUT2D eigenvalue weighted by Crippen LogP contribution is -2.26. The van der Waals surface area contributed by atoms with Gasteiger partial charge in [0.25, 0.3) is 0 Å². The molecule has 80 valence electrons. The molecule has 16 heavy (non-hydrogen) atoms. The Hall–Kier alpha value is -2.16. The highest BCUT2D eigenvalue weighted by Gasteiger charge is 2.08. The first-order valence-corrected chi connectivity index (χ1v) is 5.07. The van der Waals surface area contributed by atoms with Gasteiger partial charge in [-0.3, -0.25) is 10.4 Å². The van der Waals surface area contributed by atoms with E-state index in [0.717, 1.165) is 11.3 Å². The molecule has 0 saturated carbocycles. The van der Waals surface area contributed by atoms with Gasteiger partial charge in [-0.2, -0.15) is 0 Å². The highest BCUT2D eigenvalue weighted by Crippen LogP contribution is 2.13. The minimum absolute atomic E-state index is 0.466. The molecular formula is C13H13N3. The van der Waals surface area contributed by atoms with E-state index in [0.29, 0.717) is 5.84 Å². The van der Waals surface area contributed by atoms with Crippen LogP contribution >= 0.6 is 0 Å². The molecular weight excluding hydrogens is 198 g/mol. The lowest BCUT2D eigenvalue weighted by Gasteiger charge is -2.19. The van der Waals surface area contributed by atoms with Crippen molar-refractivity contribution in [3.8, 4) is 0 Å². The van der Waals surface area contributed by atoms with Crippen LogP contribution in [0.3, 0.4) is 0 Å². The number of hydrogen-bond acceptors (Lipinski definition) is 2. The van der Waals surface area contributed by atoms with Crippen molar-refractivity contribution >= 4 is 11.5 Å². The lowest BCUT2D eigenvalue weighted by molar-refractivity contribution is 1.19. The molecule has 0 spiro atoms. The summed E-state index contributed by atoms with van der Waals surface area (Å²) in [4.78, 5) is 5.85. The maximum Gasteiger partial charge on any atom is 0.132 e. The first-order chi connectivity index (χ1) is 7.79. The van der Waals surface area contributed by atoms with E-state index in [1.807, 2.05) is 54.4 Å². The van der Waals surface area contributed by atoms with Crippen molar-refractivity contribution in [3.05, 3.63) is 60.4 Å². The second-order valence-corrected chi connectivity index (χ2v) is 3.48. The van der Waals surface area contributed by atoms with Crippen LogP contribution in [0, 0.1) is 5.41 Å². The Bertz CT molecular complexity index is 465. The maximum atomic E-state index is 8.07. The Morgan fingerprint density at radius 3 is 2.50 bits per heavy atom. The Kier molecular flexibility index (Phi) is 2.96. The zero-order valence-corrected chi connectivity index (χ0v) is 9.09. The van der Waals surface area contributed by atoms with Crippen molar-refractivity contribution in [2.75, 3.05) is 11.9 Å². The van der Waals surface area contributed by atoms with Crippen LogP contribution in [0.15, 0.2) is 54.9 Å². The van der Waals surface area contributed by atoms with Crippen LogP contribution in [0.25, 0.3) is 0 Å². The van der Waals surface area contributed by atoms with E-state index in [1.165, 1.54) is 0 Å². The molecule has 2 rings (SSSR count). The van der Waals surface area contributed by atoms with Crippen molar-refractivity contribution in [2.45, 2.75) is 0 Å². The monoisotopic (exact) mass is 211 g/mol. The van der Waals surface area contributed by atoms with E-state index in [1.54, 1.807) is 12.4 Å². The first-order valence-electron chi connectivity index (χ1n) is 5.07. The van der Waals surface area contributed by atoms with Crippen molar-refractivity contribution in [2.24, 2.45) is 0 Å². The minimum Gasteiger partial charge on any atom is -0.328 e. The molecule has 0 amide bonds. The van der Waals surface area contributed by atoms with Crippen LogP contribution in [0.2, 0.25) is 0 Å². The third kappa shape index (κ3) is 2.08. The molecule has 2 aromatic rings. The van der Waals surface area contributed by atoms with Crippen molar-refractivity contribution in [1.29, 1.82) is 5.41 Å². The summed E-state index contributed by atoms with van der Waals surface area (Å²) >= 11 is 0. The van der Waals surface area contributed by atoms with E-state index in [4.69, 9.17) is 5.41 Å². The summed E-state index contributed by atoms with van der Waals surface area (Å²) in [7, 11) is 1.87. The molecule has 0 radical (unpaired) electrons. The highest BCUT2D eigenvalue weighted by atomic mass is 15.1. The molecule has 0 atom stereocenters. The molecule has 0 bridgehead atoms. The fourth-order valence-corrected chi connectivity index (χ4v) is 1.47. The van der Waals surface area contributed by atoms with E-state index < -0.39 is 0 Å². The summed E-state index contributed by atoms with van der Waals surface area (Å²) in [6.45, 7) is 0. The van der Waals surface area contributed by atoms with Gasteiger partial charge in [-0.15, -0.1) is 0 Å². The number of anilines is 1. The predicted octanol–water partition coefficient (Wildman–Crippen LogP) is 2.54. The molecule has 3 nitrogen and oxygen atoms in total. The number of amidine groups is 1. The number of hydrogen-bond donors (Lipinski definition) is 1. The summed E-state index contributed by atoms with van der Waals surface area (Å²) in [5, 5.41) is 8.07. The van der Waals surface area contributed by atoms with Crippen LogP contribution in [0.5, 0.6) is 0 Å². The Morgan fingerprint density at radius 1 is 1.12 bits per heavy atom. The lowest BCUT2D eigenvalue weighted by atomic mass is 10.2. The number of nitrogens with one attached hydrogen (secondary N) is 1. The standard InChI is InChI=1S/C13H13N3/c1-16(12-8-5-9-15-10-12)13(14)11-6-3-2-4-7-11/h2-10,14H,1H3. The normalized spacial score (nSPS) is 9.81. The molecule has 0 saturated heterocycles. The summed E-state index contributed by atoms with van der Waals surface area (Å²) in [5.74, 6) is 0.466. The van der Waals surface area contributed by atoms with Crippen LogP contribution in [0.1, 0.15) is 5.56 Å². The van der Waals surface area contributed by atoms with Crippen molar-refractivity contribution in [1.82, 2.24) is 4.98 Å². The zero-order chi connectivity index (χ0) is 11.4. The average molecular weight is 211 g/mol. The molecule has 1 N–H and O–H groups in total. The Labute approximate surface area is 94.9 Å². The first kappa shape index (κ1) is 10.4. The van der Waals surface area contributed by atoms with Gasteiger partial charge in [-0.05, 0) is 12.1 Å². The number of pyridine rings is 1. The maximum absolute atomic E-state index is 8.07. The van der Waals surface area contributed by atoms with E-state index in [-0.39, 0.29) is 0 Å². The largest absolute Gasteiger partial charge is 0.328 e. The van der Waals surface area contributed by atoms with Gasteiger partial charge >= 0.3 is 0 Å². The molecule has 0 unspecified atom stereocenters. The van der Waals surface area contributed by atoms with Gasteiger partial charge in [0.2, 0.25) is 0 Å². The van der Waals surface area contributed by atoms with Gasteiger partial charge in [0.15, 0.2) is 0 Å². The van der Waals surface area contributed by atoms with Gasteiger partial charge in [0, 0.05) is 18.8 Å². The molecule has 1 aromatic heterocycles. The fourth-order valence-electron chi connectivity index (χ4n) is 1.47. The molecule has 0 aliphatic heterocycles. The average Bonchev–Trinajstić information content (AvgIpc) is 2.39. The van der Waals surface area contributed by atoms with Crippen LogP contribution in [-0.4, -0.2) is 17.9 Å². The summed E-state index contributed by atoms with van der Waals surface area (Å²) in [6, 6.07) is 13.5. The van der Waals surface area contributed by atoms with Crippen molar-refractivity contribution in [3.63, 3.8) is 0 Å². The van der Waals surface area contributed by atoms with Gasteiger partial charge < -0.3 is 4.90 Å². The van der Waals surface area contributed by atoms with Crippen LogP contribution < -0.4 is 4.90 Å². The molecule has 1 heterocycles. The molecule has 0 fully saturated rings.